The number of hydrogen-bond acceptors (Lipinski definition) is 3. The normalized spacial score (nSPS) is 14.0. The summed E-state index contributed by atoms with van der Waals surface area (Å²) in [7, 11) is 0. The first-order valence-electron chi connectivity index (χ1n) is 6.91. The van der Waals surface area contributed by atoms with Gasteiger partial charge in [-0.1, -0.05) is 18.2 Å². The van der Waals surface area contributed by atoms with Crippen molar-refractivity contribution in [2.75, 3.05) is 5.73 Å². The number of halogens is 1. The van der Waals surface area contributed by atoms with Gasteiger partial charge in [0.2, 0.25) is 0 Å². The summed E-state index contributed by atoms with van der Waals surface area (Å²) in [5.41, 5.74) is 6.91. The molecule has 1 amide bonds. The van der Waals surface area contributed by atoms with Gasteiger partial charge < -0.3 is 10.6 Å². The van der Waals surface area contributed by atoms with Crippen LogP contribution in [0.2, 0.25) is 0 Å². The summed E-state index contributed by atoms with van der Waals surface area (Å²) in [6.07, 6.45) is 3.41. The summed E-state index contributed by atoms with van der Waals surface area (Å²) >= 11 is 0. The zero-order chi connectivity index (χ0) is 14.8. The van der Waals surface area contributed by atoms with E-state index in [1.165, 1.54) is 12.3 Å². The Bertz CT molecular complexity index is 670. The van der Waals surface area contributed by atoms with E-state index in [1.807, 2.05) is 0 Å². The summed E-state index contributed by atoms with van der Waals surface area (Å²) in [4.78, 5) is 18.4. The fourth-order valence-electron chi connectivity index (χ4n) is 2.30. The molecule has 5 heteroatoms. The first kappa shape index (κ1) is 13.5. The van der Waals surface area contributed by atoms with E-state index in [2.05, 4.69) is 4.98 Å². The maximum Gasteiger partial charge on any atom is 0.275 e. The Hall–Kier alpha value is -2.43. The maximum absolute atomic E-state index is 13.8. The second kappa shape index (κ2) is 5.52. The molecule has 1 fully saturated rings. The van der Waals surface area contributed by atoms with Crippen LogP contribution in [0.25, 0.3) is 0 Å². The van der Waals surface area contributed by atoms with Crippen LogP contribution in [0.5, 0.6) is 0 Å². The van der Waals surface area contributed by atoms with Crippen LogP contribution in [0.15, 0.2) is 42.6 Å². The molecule has 0 unspecified atom stereocenters. The molecular formula is C16H16FN3O. The van der Waals surface area contributed by atoms with Crippen molar-refractivity contribution in [3.63, 3.8) is 0 Å². The highest BCUT2D eigenvalue weighted by molar-refractivity contribution is 5.97. The molecule has 0 atom stereocenters. The number of nitrogen functional groups attached to an aromatic ring is 1. The van der Waals surface area contributed by atoms with Gasteiger partial charge in [0, 0.05) is 24.3 Å². The van der Waals surface area contributed by atoms with E-state index in [4.69, 9.17) is 5.73 Å². The number of amides is 1. The SMILES string of the molecule is Nc1cccnc1C(=O)N(Cc1ccccc1F)C1CC1. The van der Waals surface area contributed by atoms with Crippen molar-refractivity contribution in [2.24, 2.45) is 0 Å². The number of hydrogen-bond donors (Lipinski definition) is 1. The van der Waals surface area contributed by atoms with Crippen molar-refractivity contribution in [1.29, 1.82) is 0 Å². The Morgan fingerprint density at radius 2 is 2.05 bits per heavy atom. The second-order valence-corrected chi connectivity index (χ2v) is 5.20. The van der Waals surface area contributed by atoms with Crippen molar-refractivity contribution in [3.8, 4) is 0 Å². The number of benzene rings is 1. The molecule has 108 valence electrons. The summed E-state index contributed by atoms with van der Waals surface area (Å²) < 4.78 is 13.8. The highest BCUT2D eigenvalue weighted by Crippen LogP contribution is 2.30. The standard InChI is InChI=1S/C16H16FN3O/c17-13-5-2-1-4-11(13)10-20(12-7-8-12)16(21)15-14(18)6-3-9-19-15/h1-6,9,12H,7-8,10,18H2. The quantitative estimate of drug-likeness (QED) is 0.939. The van der Waals surface area contributed by atoms with Crippen LogP contribution in [0, 0.1) is 5.82 Å². The zero-order valence-corrected chi connectivity index (χ0v) is 11.5. The van der Waals surface area contributed by atoms with Crippen LogP contribution in [0.3, 0.4) is 0 Å². The minimum absolute atomic E-state index is 0.151. The van der Waals surface area contributed by atoms with E-state index in [9.17, 15) is 9.18 Å². The molecule has 0 bridgehead atoms. The predicted octanol–water partition coefficient (Wildman–Crippen LogP) is 2.61. The first-order chi connectivity index (χ1) is 10.2. The lowest BCUT2D eigenvalue weighted by atomic mass is 10.1. The van der Waals surface area contributed by atoms with Crippen LogP contribution < -0.4 is 5.73 Å². The summed E-state index contributed by atoms with van der Waals surface area (Å²) in [6, 6.07) is 9.99. The Kier molecular flexibility index (Phi) is 3.56. The molecule has 1 aliphatic rings. The molecule has 0 aliphatic heterocycles. The van der Waals surface area contributed by atoms with Gasteiger partial charge in [0.15, 0.2) is 5.69 Å². The lowest BCUT2D eigenvalue weighted by Crippen LogP contribution is -2.34. The summed E-state index contributed by atoms with van der Waals surface area (Å²) in [5, 5.41) is 0. The smallest absolute Gasteiger partial charge is 0.275 e. The molecule has 0 saturated heterocycles. The van der Waals surface area contributed by atoms with Crippen molar-refractivity contribution >= 4 is 11.6 Å². The van der Waals surface area contributed by atoms with Gasteiger partial charge in [0.1, 0.15) is 5.82 Å². The molecule has 2 aromatic rings. The molecule has 21 heavy (non-hydrogen) atoms. The van der Waals surface area contributed by atoms with E-state index in [-0.39, 0.29) is 30.0 Å². The van der Waals surface area contributed by atoms with Crippen LogP contribution in [0.4, 0.5) is 10.1 Å². The number of carbonyl (C=O) groups is 1. The molecule has 0 spiro atoms. The highest BCUT2D eigenvalue weighted by atomic mass is 19.1. The van der Waals surface area contributed by atoms with Gasteiger partial charge >= 0.3 is 0 Å². The highest BCUT2D eigenvalue weighted by Gasteiger charge is 2.34. The maximum atomic E-state index is 13.8. The third-order valence-corrected chi connectivity index (χ3v) is 3.59. The zero-order valence-electron chi connectivity index (χ0n) is 11.5. The number of nitrogens with zero attached hydrogens (tertiary/aromatic N) is 2. The molecule has 0 radical (unpaired) electrons. The Balaban J connectivity index is 1.87. The average Bonchev–Trinajstić information content (AvgIpc) is 3.31. The number of carbonyl (C=O) groups excluding carboxylic acids is 1. The Morgan fingerprint density at radius 3 is 2.71 bits per heavy atom. The topological polar surface area (TPSA) is 59.2 Å². The van der Waals surface area contributed by atoms with E-state index < -0.39 is 0 Å². The fraction of sp³-hybridized carbons (Fsp3) is 0.250. The van der Waals surface area contributed by atoms with E-state index in [0.29, 0.717) is 11.3 Å². The molecular weight excluding hydrogens is 269 g/mol. The van der Waals surface area contributed by atoms with Crippen molar-refractivity contribution in [3.05, 3.63) is 59.7 Å². The van der Waals surface area contributed by atoms with E-state index in [0.717, 1.165) is 12.8 Å². The summed E-state index contributed by atoms with van der Waals surface area (Å²) in [6.45, 7) is 0.242. The molecule has 3 rings (SSSR count). The van der Waals surface area contributed by atoms with Crippen LogP contribution in [-0.4, -0.2) is 21.8 Å². The third-order valence-electron chi connectivity index (χ3n) is 3.59. The molecule has 1 aliphatic carbocycles. The van der Waals surface area contributed by atoms with Crippen LogP contribution in [-0.2, 0) is 6.54 Å². The van der Waals surface area contributed by atoms with Gasteiger partial charge in [-0.2, -0.15) is 0 Å². The first-order valence-corrected chi connectivity index (χ1v) is 6.91. The minimum atomic E-state index is -0.301. The lowest BCUT2D eigenvalue weighted by molar-refractivity contribution is 0.0723. The fourth-order valence-corrected chi connectivity index (χ4v) is 2.30. The number of rotatable bonds is 4. The number of pyridine rings is 1. The molecule has 1 aromatic heterocycles. The second-order valence-electron chi connectivity index (χ2n) is 5.20. The molecule has 1 saturated carbocycles. The van der Waals surface area contributed by atoms with E-state index in [1.54, 1.807) is 35.2 Å². The molecule has 1 aromatic carbocycles. The van der Waals surface area contributed by atoms with E-state index >= 15 is 0 Å². The minimum Gasteiger partial charge on any atom is -0.397 e. The third kappa shape index (κ3) is 2.86. The number of aromatic nitrogens is 1. The Labute approximate surface area is 122 Å². The van der Waals surface area contributed by atoms with Gasteiger partial charge in [0.05, 0.1) is 5.69 Å². The molecule has 1 heterocycles. The molecule has 2 N–H and O–H groups in total. The van der Waals surface area contributed by atoms with Gasteiger partial charge in [-0.3, -0.25) is 4.79 Å². The number of anilines is 1. The van der Waals surface area contributed by atoms with Gasteiger partial charge in [-0.05, 0) is 31.0 Å². The van der Waals surface area contributed by atoms with Crippen molar-refractivity contribution < 1.29 is 9.18 Å². The monoisotopic (exact) mass is 285 g/mol. The van der Waals surface area contributed by atoms with Crippen molar-refractivity contribution in [2.45, 2.75) is 25.4 Å². The van der Waals surface area contributed by atoms with Gasteiger partial charge in [-0.25, -0.2) is 9.37 Å². The summed E-state index contributed by atoms with van der Waals surface area (Å²) in [5.74, 6) is -0.538. The molecule has 4 nitrogen and oxygen atoms in total. The van der Waals surface area contributed by atoms with Gasteiger partial charge in [-0.15, -0.1) is 0 Å². The van der Waals surface area contributed by atoms with Crippen LogP contribution in [0.1, 0.15) is 28.9 Å². The van der Waals surface area contributed by atoms with Crippen molar-refractivity contribution in [1.82, 2.24) is 9.88 Å². The number of nitrogens with two attached hydrogens (primary N) is 1. The largest absolute Gasteiger partial charge is 0.397 e. The average molecular weight is 285 g/mol. The Morgan fingerprint density at radius 1 is 1.29 bits per heavy atom. The van der Waals surface area contributed by atoms with Gasteiger partial charge in [0.25, 0.3) is 5.91 Å². The predicted molar refractivity (Wildman–Crippen MR) is 77.9 cm³/mol. The van der Waals surface area contributed by atoms with Crippen LogP contribution >= 0.6 is 0 Å². The lowest BCUT2D eigenvalue weighted by Gasteiger charge is -2.23.